The summed E-state index contributed by atoms with van der Waals surface area (Å²) in [6.45, 7) is 4.61. The second kappa shape index (κ2) is 16.5. The fourth-order valence-corrected chi connectivity index (χ4v) is 6.39. The topological polar surface area (TPSA) is 0 Å². The fourth-order valence-electron chi connectivity index (χ4n) is 3.32. The maximum atomic E-state index is 2.97. The van der Waals surface area contributed by atoms with Gasteiger partial charge in [-0.05, 0) is 75.4 Å². The van der Waals surface area contributed by atoms with Crippen molar-refractivity contribution in [2.24, 2.45) is 0 Å². The molecule has 0 nitrogen and oxygen atoms in total. The molecule has 0 N–H and O–H groups in total. The second-order valence-corrected chi connectivity index (χ2v) is 11.9. The number of rotatable bonds is 4. The van der Waals surface area contributed by atoms with Crippen LogP contribution in [0.5, 0.6) is 0 Å². The van der Waals surface area contributed by atoms with Gasteiger partial charge < -0.3 is 0 Å². The van der Waals surface area contributed by atoms with Crippen molar-refractivity contribution in [2.75, 3.05) is 13.3 Å². The maximum Gasteiger partial charge on any atom is 0 e. The van der Waals surface area contributed by atoms with E-state index in [-0.39, 0.29) is 35.9 Å². The molecule has 0 bridgehead atoms. The molecule has 0 heterocycles. The van der Waals surface area contributed by atoms with Gasteiger partial charge in [0.2, 0.25) is 0 Å². The van der Waals surface area contributed by atoms with E-state index in [0.717, 1.165) is 0 Å². The SMILES string of the molecule is C1=CCCC=1.CP(c1ccccc1)c1ccccc1.CP(c1ccccc1)c1ccccc1.[Ir]. The third kappa shape index (κ3) is 9.64. The van der Waals surface area contributed by atoms with Crippen molar-refractivity contribution in [2.45, 2.75) is 12.8 Å². The van der Waals surface area contributed by atoms with Crippen LogP contribution in [0, 0.1) is 0 Å². The fraction of sp³-hybridized carbons (Fsp3) is 0.129. The molecule has 34 heavy (non-hydrogen) atoms. The Bertz CT molecular complexity index is 939. The standard InChI is InChI=1S/2C13H13P.C5H6.Ir/c2*1-14(12-8-4-2-5-9-12)13-10-6-3-7-11-13;1-2-4-5-3-1;/h2*2-11H,1H3;1,5H,2,4H2;. The summed E-state index contributed by atoms with van der Waals surface area (Å²) in [5.41, 5.74) is 2.97. The zero-order chi connectivity index (χ0) is 23.1. The van der Waals surface area contributed by atoms with Crippen molar-refractivity contribution in [1.82, 2.24) is 0 Å². The molecular weight excluding hydrogens is 627 g/mol. The van der Waals surface area contributed by atoms with Crippen LogP contribution in [0.3, 0.4) is 0 Å². The molecular formula is C31H32IrP2. The van der Waals surface area contributed by atoms with Crippen LogP contribution >= 0.6 is 15.8 Å². The molecule has 0 aromatic heterocycles. The third-order valence-corrected chi connectivity index (χ3v) is 9.56. The molecule has 0 amide bonds. The molecule has 3 heteroatoms. The van der Waals surface area contributed by atoms with Crippen LogP contribution in [0.4, 0.5) is 0 Å². The predicted molar refractivity (Wildman–Crippen MR) is 152 cm³/mol. The van der Waals surface area contributed by atoms with Gasteiger partial charge in [-0.3, -0.25) is 0 Å². The van der Waals surface area contributed by atoms with Gasteiger partial charge in [0.25, 0.3) is 0 Å². The first kappa shape index (κ1) is 28.1. The molecule has 175 valence electrons. The molecule has 1 aliphatic rings. The summed E-state index contributed by atoms with van der Waals surface area (Å²) in [5, 5.41) is 5.75. The van der Waals surface area contributed by atoms with Crippen molar-refractivity contribution < 1.29 is 20.1 Å². The summed E-state index contributed by atoms with van der Waals surface area (Å²) in [4.78, 5) is 0. The summed E-state index contributed by atoms with van der Waals surface area (Å²) in [5.74, 6) is 0. The van der Waals surface area contributed by atoms with E-state index >= 15 is 0 Å². The normalized spacial score (nSPS) is 11.2. The van der Waals surface area contributed by atoms with Crippen LogP contribution in [-0.2, 0) is 20.1 Å². The minimum absolute atomic E-state index is 0. The molecule has 0 saturated carbocycles. The second-order valence-electron chi connectivity index (χ2n) is 7.61. The van der Waals surface area contributed by atoms with E-state index in [2.05, 4.69) is 153 Å². The smallest absolute Gasteiger partial charge is 0 e. The van der Waals surface area contributed by atoms with Crippen LogP contribution in [0.15, 0.2) is 139 Å². The van der Waals surface area contributed by atoms with E-state index in [1.807, 2.05) is 0 Å². The van der Waals surface area contributed by atoms with Crippen molar-refractivity contribution in [3.8, 4) is 0 Å². The Morgan fingerprint density at radius 3 is 0.853 bits per heavy atom. The molecule has 0 unspecified atom stereocenters. The van der Waals surface area contributed by atoms with Gasteiger partial charge in [0, 0.05) is 20.1 Å². The predicted octanol–water partition coefficient (Wildman–Crippen LogP) is 6.99. The van der Waals surface area contributed by atoms with Gasteiger partial charge >= 0.3 is 0 Å². The Kier molecular flexibility index (Phi) is 13.7. The van der Waals surface area contributed by atoms with Crippen LogP contribution in [0.2, 0.25) is 0 Å². The molecule has 4 aromatic rings. The van der Waals surface area contributed by atoms with Crippen molar-refractivity contribution in [3.63, 3.8) is 0 Å². The number of benzene rings is 4. The van der Waals surface area contributed by atoms with Crippen molar-refractivity contribution >= 4 is 37.1 Å². The average Bonchev–Trinajstić information content (AvgIpc) is 3.51. The van der Waals surface area contributed by atoms with E-state index in [1.165, 1.54) is 34.1 Å². The minimum atomic E-state index is -0.171. The number of hydrogen-bond acceptors (Lipinski definition) is 0. The van der Waals surface area contributed by atoms with Crippen molar-refractivity contribution in [1.29, 1.82) is 0 Å². The van der Waals surface area contributed by atoms with Gasteiger partial charge in [0.15, 0.2) is 0 Å². The Morgan fingerprint density at radius 2 is 0.676 bits per heavy atom. The molecule has 0 spiro atoms. The van der Waals surface area contributed by atoms with Gasteiger partial charge in [-0.2, -0.15) is 0 Å². The molecule has 4 aromatic carbocycles. The molecule has 5 rings (SSSR count). The van der Waals surface area contributed by atoms with Crippen LogP contribution < -0.4 is 21.2 Å². The molecule has 0 fully saturated rings. The summed E-state index contributed by atoms with van der Waals surface area (Å²) in [6, 6.07) is 42.8. The molecule has 0 saturated heterocycles. The van der Waals surface area contributed by atoms with E-state index in [9.17, 15) is 0 Å². The van der Waals surface area contributed by atoms with Crippen LogP contribution in [0.25, 0.3) is 0 Å². The van der Waals surface area contributed by atoms with Crippen molar-refractivity contribution in [3.05, 3.63) is 139 Å². The van der Waals surface area contributed by atoms with Gasteiger partial charge in [-0.25, -0.2) is 0 Å². The first-order chi connectivity index (χ1) is 16.3. The monoisotopic (exact) mass is 659 g/mol. The van der Waals surface area contributed by atoms with Gasteiger partial charge in [-0.1, -0.05) is 121 Å². The summed E-state index contributed by atoms with van der Waals surface area (Å²) in [7, 11) is -0.342. The number of hydrogen-bond donors (Lipinski definition) is 0. The quantitative estimate of drug-likeness (QED) is 0.164. The Balaban J connectivity index is 0.000000195. The van der Waals surface area contributed by atoms with Crippen LogP contribution in [0.1, 0.15) is 12.8 Å². The number of allylic oxidation sites excluding steroid dienone is 1. The minimum Gasteiger partial charge on any atom is -0.130 e. The van der Waals surface area contributed by atoms with E-state index in [4.69, 9.17) is 0 Å². The largest absolute Gasteiger partial charge is 0.130 e. The maximum absolute atomic E-state index is 2.97. The zero-order valence-corrected chi connectivity index (χ0v) is 24.0. The first-order valence-electron chi connectivity index (χ1n) is 11.3. The first-order valence-corrected chi connectivity index (χ1v) is 14.9. The van der Waals surface area contributed by atoms with E-state index in [0.29, 0.717) is 0 Å². The molecule has 1 radical (unpaired) electrons. The van der Waals surface area contributed by atoms with E-state index in [1.54, 1.807) is 0 Å². The van der Waals surface area contributed by atoms with E-state index < -0.39 is 0 Å². The average molecular weight is 659 g/mol. The third-order valence-electron chi connectivity index (χ3n) is 5.27. The summed E-state index contributed by atoms with van der Waals surface area (Å²) >= 11 is 0. The molecule has 1 aliphatic carbocycles. The summed E-state index contributed by atoms with van der Waals surface area (Å²) < 4.78 is 0. The van der Waals surface area contributed by atoms with Crippen LogP contribution in [-0.4, -0.2) is 13.3 Å². The van der Waals surface area contributed by atoms with Gasteiger partial charge in [0.1, 0.15) is 0 Å². The Morgan fingerprint density at radius 1 is 0.441 bits per heavy atom. The zero-order valence-electron chi connectivity index (χ0n) is 19.8. The van der Waals surface area contributed by atoms with Gasteiger partial charge in [0.05, 0.1) is 0 Å². The van der Waals surface area contributed by atoms with Gasteiger partial charge in [-0.15, -0.1) is 5.73 Å². The summed E-state index contributed by atoms with van der Waals surface area (Å²) in [6.07, 6.45) is 6.53. The Hall–Kier alpha value is -2.09. The molecule has 0 aliphatic heterocycles. The Labute approximate surface area is 221 Å². The molecule has 0 atom stereocenters.